The molecule has 0 aliphatic carbocycles. The molecule has 0 radical (unpaired) electrons. The van der Waals surface area contributed by atoms with Gasteiger partial charge >= 0.3 is 0 Å². The van der Waals surface area contributed by atoms with Crippen LogP contribution in [0.5, 0.6) is 5.75 Å². The van der Waals surface area contributed by atoms with E-state index in [-0.39, 0.29) is 17.1 Å². The normalized spacial score (nSPS) is 10.2. The Hall–Kier alpha value is -2.41. The Labute approximate surface area is 128 Å². The van der Waals surface area contributed by atoms with Crippen LogP contribution in [-0.4, -0.2) is 15.9 Å². The molecule has 2 N–H and O–H groups in total. The van der Waals surface area contributed by atoms with Crippen molar-refractivity contribution in [2.75, 3.05) is 5.32 Å². The van der Waals surface area contributed by atoms with Gasteiger partial charge in [0, 0.05) is 22.2 Å². The molecule has 0 atom stereocenters. The largest absolute Gasteiger partial charge is 0.506 e. The highest BCUT2D eigenvalue weighted by molar-refractivity contribution is 9.10. The minimum Gasteiger partial charge on any atom is -0.506 e. The lowest BCUT2D eigenvalue weighted by atomic mass is 10.1. The second-order valence-corrected chi connectivity index (χ2v) is 5.29. The van der Waals surface area contributed by atoms with Crippen molar-refractivity contribution in [1.29, 1.82) is 0 Å². The molecule has 2 aromatic carbocycles. The van der Waals surface area contributed by atoms with Crippen LogP contribution in [0.3, 0.4) is 0 Å². The van der Waals surface area contributed by atoms with Crippen molar-refractivity contribution in [2.24, 2.45) is 0 Å². The highest BCUT2D eigenvalue weighted by atomic mass is 79.9. The van der Waals surface area contributed by atoms with E-state index in [1.54, 1.807) is 25.1 Å². The Morgan fingerprint density at radius 3 is 2.62 bits per heavy atom. The second-order valence-electron chi connectivity index (χ2n) is 4.37. The number of amides is 1. The van der Waals surface area contributed by atoms with Crippen LogP contribution in [0.4, 0.5) is 11.4 Å². The van der Waals surface area contributed by atoms with Gasteiger partial charge in [0.2, 0.25) is 0 Å². The number of nitro benzene ring substituents is 1. The summed E-state index contributed by atoms with van der Waals surface area (Å²) in [5.41, 5.74) is 0.947. The number of nitro groups is 1. The van der Waals surface area contributed by atoms with E-state index in [0.29, 0.717) is 5.56 Å². The number of halogens is 1. The Kier molecular flexibility index (Phi) is 4.23. The maximum atomic E-state index is 12.2. The Morgan fingerprint density at radius 1 is 1.29 bits per heavy atom. The monoisotopic (exact) mass is 350 g/mol. The van der Waals surface area contributed by atoms with Crippen molar-refractivity contribution in [3.05, 3.63) is 62.1 Å². The first-order valence-electron chi connectivity index (χ1n) is 5.93. The van der Waals surface area contributed by atoms with Crippen molar-refractivity contribution < 1.29 is 14.8 Å². The van der Waals surface area contributed by atoms with Crippen LogP contribution in [0.25, 0.3) is 0 Å². The number of nitrogens with one attached hydrogen (secondary N) is 1. The topological polar surface area (TPSA) is 92.5 Å². The van der Waals surface area contributed by atoms with Gasteiger partial charge in [-0.1, -0.05) is 15.9 Å². The Bertz CT molecular complexity index is 731. The SMILES string of the molecule is Cc1cc(Br)ccc1C(=O)Nc1cc([N+](=O)[O-])ccc1O. The lowest BCUT2D eigenvalue weighted by molar-refractivity contribution is -0.384. The fourth-order valence-electron chi connectivity index (χ4n) is 1.81. The number of rotatable bonds is 3. The quantitative estimate of drug-likeness (QED) is 0.502. The molecular formula is C14H11BrN2O4. The van der Waals surface area contributed by atoms with E-state index in [0.717, 1.165) is 22.2 Å². The molecule has 0 spiro atoms. The van der Waals surface area contributed by atoms with Crippen LogP contribution in [0.2, 0.25) is 0 Å². The van der Waals surface area contributed by atoms with E-state index in [1.807, 2.05) is 0 Å². The van der Waals surface area contributed by atoms with Gasteiger partial charge in [-0.05, 0) is 36.8 Å². The molecule has 2 aromatic rings. The molecule has 1 amide bonds. The van der Waals surface area contributed by atoms with Gasteiger partial charge in [0.15, 0.2) is 0 Å². The second kappa shape index (κ2) is 5.92. The van der Waals surface area contributed by atoms with Gasteiger partial charge in [0.05, 0.1) is 10.6 Å². The maximum Gasteiger partial charge on any atom is 0.271 e. The summed E-state index contributed by atoms with van der Waals surface area (Å²) in [4.78, 5) is 22.3. The number of carbonyl (C=O) groups excluding carboxylic acids is 1. The average Bonchev–Trinajstić information content (AvgIpc) is 2.40. The molecule has 0 aliphatic rings. The zero-order valence-electron chi connectivity index (χ0n) is 11.0. The van der Waals surface area contributed by atoms with E-state index in [2.05, 4.69) is 21.2 Å². The highest BCUT2D eigenvalue weighted by Crippen LogP contribution is 2.28. The lowest BCUT2D eigenvalue weighted by Crippen LogP contribution is -2.13. The standard InChI is InChI=1S/C14H11BrN2O4/c1-8-6-9(15)2-4-11(8)14(19)16-12-7-10(17(20)21)3-5-13(12)18/h2-7,18H,1H3,(H,16,19). The summed E-state index contributed by atoms with van der Waals surface area (Å²) in [6.45, 7) is 1.77. The molecule has 7 heteroatoms. The number of anilines is 1. The number of aryl methyl sites for hydroxylation is 1. The fourth-order valence-corrected chi connectivity index (χ4v) is 2.28. The maximum absolute atomic E-state index is 12.2. The van der Waals surface area contributed by atoms with Crippen molar-refractivity contribution >= 4 is 33.2 Å². The molecule has 6 nitrogen and oxygen atoms in total. The van der Waals surface area contributed by atoms with E-state index < -0.39 is 10.8 Å². The van der Waals surface area contributed by atoms with Gasteiger partial charge in [-0.3, -0.25) is 14.9 Å². The van der Waals surface area contributed by atoms with Gasteiger partial charge in [0.1, 0.15) is 5.75 Å². The number of phenolic OH excluding ortho intramolecular Hbond substituents is 1. The third-order valence-corrected chi connectivity index (χ3v) is 3.37. The summed E-state index contributed by atoms with van der Waals surface area (Å²) < 4.78 is 0.842. The van der Waals surface area contributed by atoms with Crippen LogP contribution in [0.15, 0.2) is 40.9 Å². The third kappa shape index (κ3) is 3.38. The highest BCUT2D eigenvalue weighted by Gasteiger charge is 2.15. The summed E-state index contributed by atoms with van der Waals surface area (Å²) in [6, 6.07) is 8.57. The number of benzene rings is 2. The fraction of sp³-hybridized carbons (Fsp3) is 0.0714. The lowest BCUT2D eigenvalue weighted by Gasteiger charge is -2.09. The van der Waals surface area contributed by atoms with E-state index in [1.165, 1.54) is 6.07 Å². The number of aromatic hydroxyl groups is 1. The molecule has 0 heterocycles. The minimum atomic E-state index is -0.597. The van der Waals surface area contributed by atoms with Gasteiger partial charge in [-0.25, -0.2) is 0 Å². The van der Waals surface area contributed by atoms with Crippen molar-refractivity contribution in [1.82, 2.24) is 0 Å². The van der Waals surface area contributed by atoms with Crippen LogP contribution in [0.1, 0.15) is 15.9 Å². The number of hydrogen-bond acceptors (Lipinski definition) is 4. The summed E-state index contributed by atoms with van der Waals surface area (Å²) in [6.07, 6.45) is 0. The van der Waals surface area contributed by atoms with Crippen LogP contribution in [0, 0.1) is 17.0 Å². The molecular weight excluding hydrogens is 340 g/mol. The summed E-state index contributed by atoms with van der Waals surface area (Å²) >= 11 is 3.30. The number of phenols is 1. The molecule has 0 saturated heterocycles. The molecule has 0 saturated carbocycles. The van der Waals surface area contributed by atoms with Gasteiger partial charge in [0.25, 0.3) is 11.6 Å². The van der Waals surface area contributed by atoms with Crippen LogP contribution in [-0.2, 0) is 0 Å². The molecule has 0 bridgehead atoms. The molecule has 0 unspecified atom stereocenters. The zero-order valence-corrected chi connectivity index (χ0v) is 12.5. The van der Waals surface area contributed by atoms with Crippen LogP contribution < -0.4 is 5.32 Å². The summed E-state index contributed by atoms with van der Waals surface area (Å²) in [5.74, 6) is -0.681. The van der Waals surface area contributed by atoms with Crippen molar-refractivity contribution in [3.63, 3.8) is 0 Å². The number of carbonyl (C=O) groups is 1. The molecule has 0 aliphatic heterocycles. The Morgan fingerprint density at radius 2 is 2.00 bits per heavy atom. The predicted molar refractivity (Wildman–Crippen MR) is 81.6 cm³/mol. The van der Waals surface area contributed by atoms with E-state index >= 15 is 0 Å². The molecule has 0 aromatic heterocycles. The first-order valence-corrected chi connectivity index (χ1v) is 6.72. The molecule has 2 rings (SSSR count). The number of nitrogens with zero attached hydrogens (tertiary/aromatic N) is 1. The molecule has 21 heavy (non-hydrogen) atoms. The molecule has 108 valence electrons. The predicted octanol–water partition coefficient (Wildman–Crippen LogP) is 3.62. The average molecular weight is 351 g/mol. The summed E-state index contributed by atoms with van der Waals surface area (Å²) in [5, 5.41) is 22.9. The minimum absolute atomic E-state index is 0.00322. The Balaban J connectivity index is 2.31. The van der Waals surface area contributed by atoms with Crippen LogP contribution >= 0.6 is 15.9 Å². The van der Waals surface area contributed by atoms with Gasteiger partial charge in [-0.15, -0.1) is 0 Å². The van der Waals surface area contributed by atoms with E-state index in [9.17, 15) is 20.0 Å². The van der Waals surface area contributed by atoms with Gasteiger partial charge < -0.3 is 10.4 Å². The smallest absolute Gasteiger partial charge is 0.271 e. The number of hydrogen-bond donors (Lipinski definition) is 2. The zero-order chi connectivity index (χ0) is 15.6. The first kappa shape index (κ1) is 15.0. The molecule has 0 fully saturated rings. The van der Waals surface area contributed by atoms with Gasteiger partial charge in [-0.2, -0.15) is 0 Å². The van der Waals surface area contributed by atoms with Crippen molar-refractivity contribution in [2.45, 2.75) is 6.92 Å². The third-order valence-electron chi connectivity index (χ3n) is 2.87. The number of non-ortho nitro benzene ring substituents is 1. The van der Waals surface area contributed by atoms with Crippen molar-refractivity contribution in [3.8, 4) is 5.75 Å². The van der Waals surface area contributed by atoms with E-state index in [4.69, 9.17) is 0 Å². The summed E-state index contributed by atoms with van der Waals surface area (Å²) in [7, 11) is 0. The first-order chi connectivity index (χ1) is 9.88.